The van der Waals surface area contributed by atoms with Crippen molar-refractivity contribution in [3.63, 3.8) is 0 Å². The molecule has 4 nitrogen and oxygen atoms in total. The molecule has 0 radical (unpaired) electrons. The Hall–Kier alpha value is -1.67. The van der Waals surface area contributed by atoms with Crippen molar-refractivity contribution in [1.82, 2.24) is 10.6 Å². The smallest absolute Gasteiger partial charge is 0.191 e. The summed E-state index contributed by atoms with van der Waals surface area (Å²) in [7, 11) is 1.84. The second-order valence-electron chi connectivity index (χ2n) is 7.42. The standard InChI is InChI=1S/C23H28N4S.HI/c1-24-22(26-18-23(12-13-23)28-21-10-3-2-4-11-21)25-17-19-8-7-9-20(16-19)27-14-5-6-15-27;/h2-11,16H,12-15,17-18H2,1H3,(H2,24,25,26);1H. The fourth-order valence-electron chi connectivity index (χ4n) is 3.40. The molecule has 29 heavy (non-hydrogen) atoms. The van der Waals surface area contributed by atoms with Gasteiger partial charge in [0.15, 0.2) is 5.96 Å². The fraction of sp³-hybridized carbons (Fsp3) is 0.348. The normalized spacial score (nSPS) is 17.0. The number of benzene rings is 2. The van der Waals surface area contributed by atoms with E-state index in [9.17, 15) is 0 Å². The minimum atomic E-state index is 0. The van der Waals surface area contributed by atoms with E-state index in [1.54, 1.807) is 0 Å². The van der Waals surface area contributed by atoms with Crippen LogP contribution in [0.1, 0.15) is 18.4 Å². The third-order valence-electron chi connectivity index (χ3n) is 5.24. The van der Waals surface area contributed by atoms with Gasteiger partial charge in [0.25, 0.3) is 0 Å². The lowest BCUT2D eigenvalue weighted by Crippen LogP contribution is -2.40. The van der Waals surface area contributed by atoms with Crippen molar-refractivity contribution < 1.29 is 0 Å². The largest absolute Gasteiger partial charge is 0.364 e. The molecule has 1 aliphatic heterocycles. The molecule has 0 aromatic heterocycles. The van der Waals surface area contributed by atoms with Crippen LogP contribution in [0.15, 0.2) is 76.6 Å². The molecule has 0 unspecified atom stereocenters. The monoisotopic (exact) mass is 520 g/mol. The molecule has 2 N–H and O–H groups in total. The Morgan fingerprint density at radius 3 is 2.48 bits per heavy atom. The molecule has 0 bridgehead atoms. The zero-order valence-corrected chi connectivity index (χ0v) is 20.0. The van der Waals surface area contributed by atoms with E-state index in [0.29, 0.717) is 4.75 Å². The third kappa shape index (κ3) is 6.15. The second-order valence-corrected chi connectivity index (χ2v) is 8.97. The molecule has 2 aromatic carbocycles. The first kappa shape index (κ1) is 22.0. The number of aliphatic imine (C=N–C) groups is 1. The number of nitrogens with zero attached hydrogens (tertiary/aromatic N) is 2. The van der Waals surface area contributed by atoms with Crippen LogP contribution >= 0.6 is 35.7 Å². The van der Waals surface area contributed by atoms with Crippen molar-refractivity contribution in [2.45, 2.75) is 29.0 Å². The minimum Gasteiger partial charge on any atom is -0.364 e. The molecular formula is C23H29IN4S. The molecule has 0 amide bonds. The number of guanidine groups is 1. The summed E-state index contributed by atoms with van der Waals surface area (Å²) < 4.78 is 0.307. The number of halogens is 1. The zero-order chi connectivity index (χ0) is 19.2. The van der Waals surface area contributed by atoms with Crippen LogP contribution in [0.2, 0.25) is 0 Å². The number of nitrogens with one attached hydrogen (secondary N) is 2. The van der Waals surface area contributed by atoms with E-state index >= 15 is 0 Å². The Labute approximate surface area is 195 Å². The zero-order valence-electron chi connectivity index (χ0n) is 16.8. The predicted molar refractivity (Wildman–Crippen MR) is 136 cm³/mol. The van der Waals surface area contributed by atoms with Crippen LogP contribution in [0.5, 0.6) is 0 Å². The van der Waals surface area contributed by atoms with Crippen LogP contribution in [0.25, 0.3) is 0 Å². The van der Waals surface area contributed by atoms with Crippen molar-refractivity contribution in [1.29, 1.82) is 0 Å². The first-order valence-electron chi connectivity index (χ1n) is 9.94. The van der Waals surface area contributed by atoms with Crippen LogP contribution in [0.4, 0.5) is 5.69 Å². The predicted octanol–water partition coefficient (Wildman–Crippen LogP) is 4.67. The summed E-state index contributed by atoms with van der Waals surface area (Å²) in [4.78, 5) is 8.12. The van der Waals surface area contributed by atoms with E-state index in [2.05, 4.69) is 87.3 Å². The number of hydrogen-bond donors (Lipinski definition) is 2. The summed E-state index contributed by atoms with van der Waals surface area (Å²) in [5, 5.41) is 6.99. The first-order valence-corrected chi connectivity index (χ1v) is 10.8. The molecule has 2 aliphatic rings. The van der Waals surface area contributed by atoms with Crippen LogP contribution in [0.3, 0.4) is 0 Å². The summed E-state index contributed by atoms with van der Waals surface area (Å²) in [6.45, 7) is 3.71. The molecule has 2 aromatic rings. The Balaban J connectivity index is 0.00000240. The van der Waals surface area contributed by atoms with Crippen LogP contribution < -0.4 is 15.5 Å². The lowest BCUT2D eigenvalue weighted by molar-refractivity contribution is 0.766. The highest BCUT2D eigenvalue weighted by Crippen LogP contribution is 2.51. The van der Waals surface area contributed by atoms with E-state index in [4.69, 9.17) is 0 Å². The van der Waals surface area contributed by atoms with Gasteiger partial charge in [0, 0.05) is 48.6 Å². The van der Waals surface area contributed by atoms with Gasteiger partial charge in [-0.05, 0) is 42.7 Å². The SMILES string of the molecule is CN=C(NCc1cccc(N2CC=CC2)c1)NCC1(Sc2ccccc2)CC1.I. The molecule has 1 aliphatic carbocycles. The molecule has 0 saturated heterocycles. The highest BCUT2D eigenvalue weighted by molar-refractivity contribution is 14.0. The maximum absolute atomic E-state index is 4.41. The van der Waals surface area contributed by atoms with Gasteiger partial charge in [-0.2, -0.15) is 0 Å². The van der Waals surface area contributed by atoms with Gasteiger partial charge in [-0.3, -0.25) is 4.99 Å². The van der Waals surface area contributed by atoms with Gasteiger partial charge in [-0.1, -0.05) is 42.5 Å². The summed E-state index contributed by atoms with van der Waals surface area (Å²) in [6, 6.07) is 19.4. The van der Waals surface area contributed by atoms with Crippen molar-refractivity contribution in [3.05, 3.63) is 72.3 Å². The van der Waals surface area contributed by atoms with Gasteiger partial charge >= 0.3 is 0 Å². The summed E-state index contributed by atoms with van der Waals surface area (Å²) in [6.07, 6.45) is 6.95. The Morgan fingerprint density at radius 2 is 1.79 bits per heavy atom. The number of hydrogen-bond acceptors (Lipinski definition) is 3. The summed E-state index contributed by atoms with van der Waals surface area (Å²) >= 11 is 1.98. The van der Waals surface area contributed by atoms with Gasteiger partial charge in [0.05, 0.1) is 0 Å². The molecular weight excluding hydrogens is 491 g/mol. The van der Waals surface area contributed by atoms with Gasteiger partial charge in [-0.15, -0.1) is 35.7 Å². The van der Waals surface area contributed by atoms with Gasteiger partial charge in [-0.25, -0.2) is 0 Å². The molecule has 4 rings (SSSR count). The number of thioether (sulfide) groups is 1. The molecule has 1 heterocycles. The molecule has 0 spiro atoms. The lowest BCUT2D eigenvalue weighted by atomic mass is 10.2. The highest BCUT2D eigenvalue weighted by atomic mass is 127. The fourth-order valence-corrected chi connectivity index (χ4v) is 4.64. The molecule has 1 saturated carbocycles. The van der Waals surface area contributed by atoms with Crippen molar-refractivity contribution in [2.75, 3.05) is 31.6 Å². The average molecular weight is 520 g/mol. The maximum atomic E-state index is 4.41. The Morgan fingerprint density at radius 1 is 1.03 bits per heavy atom. The maximum Gasteiger partial charge on any atom is 0.191 e. The van der Waals surface area contributed by atoms with Crippen LogP contribution in [0, 0.1) is 0 Å². The Kier molecular flexibility index (Phi) is 7.89. The summed E-state index contributed by atoms with van der Waals surface area (Å²) in [5.41, 5.74) is 2.55. The summed E-state index contributed by atoms with van der Waals surface area (Å²) in [5.74, 6) is 0.869. The van der Waals surface area contributed by atoms with E-state index in [1.165, 1.54) is 29.0 Å². The molecule has 1 fully saturated rings. The van der Waals surface area contributed by atoms with Crippen molar-refractivity contribution >= 4 is 47.4 Å². The van der Waals surface area contributed by atoms with E-state index < -0.39 is 0 Å². The van der Waals surface area contributed by atoms with Crippen LogP contribution in [-0.2, 0) is 6.54 Å². The Bertz CT molecular complexity index is 841. The highest BCUT2D eigenvalue weighted by Gasteiger charge is 2.43. The molecule has 6 heteroatoms. The number of rotatable bonds is 7. The van der Waals surface area contributed by atoms with Gasteiger partial charge in [0.2, 0.25) is 0 Å². The van der Waals surface area contributed by atoms with E-state index in [1.807, 2.05) is 18.8 Å². The van der Waals surface area contributed by atoms with Gasteiger partial charge < -0.3 is 15.5 Å². The third-order valence-corrected chi connectivity index (χ3v) is 6.73. The van der Waals surface area contributed by atoms with Crippen molar-refractivity contribution in [3.8, 4) is 0 Å². The lowest BCUT2D eigenvalue weighted by Gasteiger charge is -2.20. The average Bonchev–Trinajstić information content (AvgIpc) is 3.27. The topological polar surface area (TPSA) is 39.7 Å². The molecule has 0 atom stereocenters. The van der Waals surface area contributed by atoms with E-state index in [0.717, 1.165) is 32.1 Å². The minimum absolute atomic E-state index is 0. The second kappa shape index (κ2) is 10.4. The van der Waals surface area contributed by atoms with Crippen LogP contribution in [-0.4, -0.2) is 37.4 Å². The quantitative estimate of drug-likeness (QED) is 0.241. The van der Waals surface area contributed by atoms with Crippen molar-refractivity contribution in [2.24, 2.45) is 4.99 Å². The molecule has 154 valence electrons. The first-order chi connectivity index (χ1) is 13.8. The number of anilines is 1. The van der Waals surface area contributed by atoms with E-state index in [-0.39, 0.29) is 24.0 Å². The van der Waals surface area contributed by atoms with Gasteiger partial charge in [0.1, 0.15) is 0 Å².